The number of nitrogens with one attached hydrogen (secondary N) is 1. The topological polar surface area (TPSA) is 49.3 Å². The summed E-state index contributed by atoms with van der Waals surface area (Å²) in [7, 11) is 0. The van der Waals surface area contributed by atoms with Gasteiger partial charge in [0.05, 0.1) is 12.0 Å². The first-order valence-corrected chi connectivity index (χ1v) is 5.14. The standard InChI is InChI=1S/C12H16FNO2/c1-12(2,11(16)14-7-8-15)9-5-3-4-6-10(9)13/h3-6,15H,7-8H2,1-2H3,(H,14,16). The van der Waals surface area contributed by atoms with Gasteiger partial charge in [-0.3, -0.25) is 4.79 Å². The Hall–Kier alpha value is -1.42. The molecular formula is C12H16FNO2. The minimum Gasteiger partial charge on any atom is -0.395 e. The van der Waals surface area contributed by atoms with E-state index in [1.807, 2.05) is 0 Å². The zero-order valence-corrected chi connectivity index (χ0v) is 9.46. The molecule has 0 aliphatic carbocycles. The first-order chi connectivity index (χ1) is 7.50. The Morgan fingerprint density at radius 1 is 1.44 bits per heavy atom. The van der Waals surface area contributed by atoms with Crippen molar-refractivity contribution in [1.29, 1.82) is 0 Å². The van der Waals surface area contributed by atoms with Crippen LogP contribution in [0.3, 0.4) is 0 Å². The molecule has 0 spiro atoms. The molecule has 16 heavy (non-hydrogen) atoms. The second-order valence-electron chi connectivity index (χ2n) is 4.08. The summed E-state index contributed by atoms with van der Waals surface area (Å²) in [5.41, 5.74) is -0.592. The molecule has 0 heterocycles. The van der Waals surface area contributed by atoms with Crippen LogP contribution in [-0.2, 0) is 10.2 Å². The number of benzene rings is 1. The number of halogens is 1. The average molecular weight is 225 g/mol. The maximum Gasteiger partial charge on any atom is 0.230 e. The van der Waals surface area contributed by atoms with Crippen molar-refractivity contribution in [3.8, 4) is 0 Å². The van der Waals surface area contributed by atoms with Gasteiger partial charge in [0.25, 0.3) is 0 Å². The van der Waals surface area contributed by atoms with Crippen LogP contribution in [-0.4, -0.2) is 24.2 Å². The SMILES string of the molecule is CC(C)(C(=O)NCCO)c1ccccc1F. The van der Waals surface area contributed by atoms with Crippen LogP contribution in [0, 0.1) is 5.82 Å². The van der Waals surface area contributed by atoms with Crippen LogP contribution in [0.2, 0.25) is 0 Å². The third-order valence-electron chi connectivity index (χ3n) is 2.51. The third-order valence-corrected chi connectivity index (χ3v) is 2.51. The van der Waals surface area contributed by atoms with Crippen LogP contribution in [0.25, 0.3) is 0 Å². The molecule has 1 aromatic carbocycles. The molecule has 1 aromatic rings. The molecule has 1 rings (SSSR count). The van der Waals surface area contributed by atoms with Gasteiger partial charge in [-0.2, -0.15) is 0 Å². The van der Waals surface area contributed by atoms with Crippen molar-refractivity contribution in [2.75, 3.05) is 13.2 Å². The fourth-order valence-electron chi connectivity index (χ4n) is 1.48. The van der Waals surface area contributed by atoms with E-state index in [1.54, 1.807) is 32.0 Å². The van der Waals surface area contributed by atoms with Crippen LogP contribution in [0.5, 0.6) is 0 Å². The summed E-state index contributed by atoms with van der Waals surface area (Å²) in [4.78, 5) is 11.8. The van der Waals surface area contributed by atoms with Gasteiger partial charge in [0, 0.05) is 12.1 Å². The number of hydrogen-bond acceptors (Lipinski definition) is 2. The van der Waals surface area contributed by atoms with E-state index in [-0.39, 0.29) is 19.1 Å². The first kappa shape index (κ1) is 12.6. The normalized spacial score (nSPS) is 11.2. The van der Waals surface area contributed by atoms with E-state index in [1.165, 1.54) is 6.07 Å². The number of aliphatic hydroxyl groups excluding tert-OH is 1. The highest BCUT2D eigenvalue weighted by atomic mass is 19.1. The molecule has 0 fully saturated rings. The van der Waals surface area contributed by atoms with Crippen LogP contribution < -0.4 is 5.32 Å². The minimum atomic E-state index is -0.944. The molecule has 0 unspecified atom stereocenters. The van der Waals surface area contributed by atoms with E-state index in [0.29, 0.717) is 5.56 Å². The first-order valence-electron chi connectivity index (χ1n) is 5.14. The Labute approximate surface area is 94.3 Å². The molecule has 88 valence electrons. The van der Waals surface area contributed by atoms with Crippen molar-refractivity contribution >= 4 is 5.91 Å². The number of carbonyl (C=O) groups excluding carboxylic acids is 1. The molecular weight excluding hydrogens is 209 g/mol. The average Bonchev–Trinajstić information content (AvgIpc) is 2.26. The van der Waals surface area contributed by atoms with E-state index >= 15 is 0 Å². The number of carbonyl (C=O) groups is 1. The van der Waals surface area contributed by atoms with Crippen molar-refractivity contribution in [3.05, 3.63) is 35.6 Å². The Bertz CT molecular complexity index is 377. The highest BCUT2D eigenvalue weighted by Gasteiger charge is 2.31. The second-order valence-corrected chi connectivity index (χ2v) is 4.08. The molecule has 1 amide bonds. The number of hydrogen-bond donors (Lipinski definition) is 2. The molecule has 0 saturated carbocycles. The van der Waals surface area contributed by atoms with Crippen LogP contribution >= 0.6 is 0 Å². The van der Waals surface area contributed by atoms with E-state index in [2.05, 4.69) is 5.32 Å². The van der Waals surface area contributed by atoms with Crippen LogP contribution in [0.15, 0.2) is 24.3 Å². The molecule has 3 nitrogen and oxygen atoms in total. The van der Waals surface area contributed by atoms with Crippen molar-refractivity contribution in [1.82, 2.24) is 5.32 Å². The summed E-state index contributed by atoms with van der Waals surface area (Å²) in [5, 5.41) is 11.2. The number of aliphatic hydroxyl groups is 1. The van der Waals surface area contributed by atoms with E-state index in [9.17, 15) is 9.18 Å². The molecule has 0 aliphatic heterocycles. The second kappa shape index (κ2) is 5.07. The van der Waals surface area contributed by atoms with Crippen molar-refractivity contribution in [2.45, 2.75) is 19.3 Å². The molecule has 0 saturated heterocycles. The van der Waals surface area contributed by atoms with E-state index in [0.717, 1.165) is 0 Å². The summed E-state index contributed by atoms with van der Waals surface area (Å²) in [6, 6.07) is 6.20. The molecule has 0 radical (unpaired) electrons. The highest BCUT2D eigenvalue weighted by Crippen LogP contribution is 2.25. The lowest BCUT2D eigenvalue weighted by Gasteiger charge is -2.24. The predicted molar refractivity (Wildman–Crippen MR) is 59.5 cm³/mol. The summed E-state index contributed by atoms with van der Waals surface area (Å²) in [6.45, 7) is 3.35. The Balaban J connectivity index is 2.93. The zero-order valence-electron chi connectivity index (χ0n) is 9.46. The van der Waals surface area contributed by atoms with Crippen molar-refractivity contribution in [2.24, 2.45) is 0 Å². The van der Waals surface area contributed by atoms with Gasteiger partial charge in [0.2, 0.25) is 5.91 Å². The van der Waals surface area contributed by atoms with Crippen molar-refractivity contribution in [3.63, 3.8) is 0 Å². The van der Waals surface area contributed by atoms with Gasteiger partial charge in [-0.25, -0.2) is 4.39 Å². The van der Waals surface area contributed by atoms with Gasteiger partial charge in [0.15, 0.2) is 0 Å². The van der Waals surface area contributed by atoms with E-state index in [4.69, 9.17) is 5.11 Å². The molecule has 0 aliphatic rings. The van der Waals surface area contributed by atoms with Gasteiger partial charge >= 0.3 is 0 Å². The molecule has 0 aromatic heterocycles. The smallest absolute Gasteiger partial charge is 0.230 e. The number of rotatable bonds is 4. The molecule has 0 atom stereocenters. The zero-order chi connectivity index (χ0) is 12.2. The molecule has 0 bridgehead atoms. The number of amides is 1. The molecule has 4 heteroatoms. The third kappa shape index (κ3) is 2.58. The summed E-state index contributed by atoms with van der Waals surface area (Å²) < 4.78 is 13.5. The van der Waals surface area contributed by atoms with Gasteiger partial charge in [-0.05, 0) is 19.9 Å². The predicted octanol–water partition coefficient (Wildman–Crippen LogP) is 1.21. The summed E-state index contributed by atoms with van der Waals surface area (Å²) >= 11 is 0. The largest absolute Gasteiger partial charge is 0.395 e. The Kier molecular flexibility index (Phi) is 4.01. The maximum atomic E-state index is 13.5. The Morgan fingerprint density at radius 2 is 2.06 bits per heavy atom. The van der Waals surface area contributed by atoms with Gasteiger partial charge < -0.3 is 10.4 Å². The fourth-order valence-corrected chi connectivity index (χ4v) is 1.48. The fraction of sp³-hybridized carbons (Fsp3) is 0.417. The quantitative estimate of drug-likeness (QED) is 0.809. The minimum absolute atomic E-state index is 0.126. The van der Waals surface area contributed by atoms with E-state index < -0.39 is 11.2 Å². The van der Waals surface area contributed by atoms with Gasteiger partial charge in [0.1, 0.15) is 5.82 Å². The monoisotopic (exact) mass is 225 g/mol. The summed E-state index contributed by atoms with van der Waals surface area (Å²) in [5.74, 6) is -0.696. The Morgan fingerprint density at radius 3 is 2.62 bits per heavy atom. The van der Waals surface area contributed by atoms with Gasteiger partial charge in [-0.1, -0.05) is 18.2 Å². The molecule has 2 N–H and O–H groups in total. The van der Waals surface area contributed by atoms with Crippen LogP contribution in [0.1, 0.15) is 19.4 Å². The van der Waals surface area contributed by atoms with Crippen molar-refractivity contribution < 1.29 is 14.3 Å². The summed E-state index contributed by atoms with van der Waals surface area (Å²) in [6.07, 6.45) is 0. The maximum absolute atomic E-state index is 13.5. The highest BCUT2D eigenvalue weighted by molar-refractivity contribution is 5.87. The lowest BCUT2D eigenvalue weighted by molar-refractivity contribution is -0.125. The van der Waals surface area contributed by atoms with Gasteiger partial charge in [-0.15, -0.1) is 0 Å². The lowest BCUT2D eigenvalue weighted by atomic mass is 9.83. The lowest BCUT2D eigenvalue weighted by Crippen LogP contribution is -2.41. The van der Waals surface area contributed by atoms with Crippen LogP contribution in [0.4, 0.5) is 4.39 Å².